The van der Waals surface area contributed by atoms with Crippen molar-refractivity contribution in [1.29, 1.82) is 0 Å². The molecular formula is C24H25N3O6. The minimum atomic E-state index is -1.16. The van der Waals surface area contributed by atoms with E-state index in [1.54, 1.807) is 6.92 Å². The van der Waals surface area contributed by atoms with Crippen LogP contribution in [0.2, 0.25) is 0 Å². The van der Waals surface area contributed by atoms with Gasteiger partial charge in [-0.1, -0.05) is 48.5 Å². The van der Waals surface area contributed by atoms with E-state index in [0.717, 1.165) is 22.3 Å². The highest BCUT2D eigenvalue weighted by Gasteiger charge is 2.40. The molecule has 0 bridgehead atoms. The smallest absolute Gasteiger partial charge is 0.407 e. The minimum absolute atomic E-state index is 0.0351. The maximum Gasteiger partial charge on any atom is 0.407 e. The van der Waals surface area contributed by atoms with Gasteiger partial charge in [0.25, 0.3) is 0 Å². The fraction of sp³-hybridized carbons (Fsp3) is 0.333. The zero-order valence-corrected chi connectivity index (χ0v) is 18.0. The fourth-order valence-corrected chi connectivity index (χ4v) is 4.42. The third-order valence-electron chi connectivity index (χ3n) is 6.01. The van der Waals surface area contributed by atoms with Crippen molar-refractivity contribution in [3.05, 3.63) is 59.7 Å². The van der Waals surface area contributed by atoms with Gasteiger partial charge in [0.2, 0.25) is 11.8 Å². The van der Waals surface area contributed by atoms with Crippen LogP contribution in [-0.2, 0) is 19.1 Å². The number of alkyl carbamates (subject to hydrolysis) is 1. The number of amides is 3. The first kappa shape index (κ1) is 22.3. The van der Waals surface area contributed by atoms with Gasteiger partial charge in [-0.05, 0) is 29.2 Å². The van der Waals surface area contributed by atoms with E-state index in [1.165, 1.54) is 0 Å². The van der Waals surface area contributed by atoms with Gasteiger partial charge in [0, 0.05) is 24.9 Å². The third kappa shape index (κ3) is 4.67. The first-order valence-corrected chi connectivity index (χ1v) is 10.8. The predicted octanol–water partition coefficient (Wildman–Crippen LogP) is 1.62. The number of hydrogen-bond acceptors (Lipinski definition) is 5. The zero-order valence-electron chi connectivity index (χ0n) is 18.0. The Labute approximate surface area is 190 Å². The van der Waals surface area contributed by atoms with Crippen LogP contribution in [0.5, 0.6) is 0 Å². The lowest BCUT2D eigenvalue weighted by Gasteiger charge is -2.19. The lowest BCUT2D eigenvalue weighted by Crippen LogP contribution is -2.47. The largest absolute Gasteiger partial charge is 0.481 e. The summed E-state index contributed by atoms with van der Waals surface area (Å²) >= 11 is 0. The highest BCUT2D eigenvalue weighted by molar-refractivity contribution is 5.94. The van der Waals surface area contributed by atoms with Crippen LogP contribution in [0.4, 0.5) is 4.79 Å². The van der Waals surface area contributed by atoms with E-state index in [4.69, 9.17) is 9.84 Å². The molecule has 2 aliphatic rings. The molecule has 2 aromatic carbocycles. The second-order valence-corrected chi connectivity index (χ2v) is 8.31. The molecule has 2 unspecified atom stereocenters. The molecule has 9 heteroatoms. The molecule has 33 heavy (non-hydrogen) atoms. The van der Waals surface area contributed by atoms with E-state index in [1.807, 2.05) is 36.4 Å². The van der Waals surface area contributed by atoms with Crippen LogP contribution >= 0.6 is 0 Å². The molecule has 0 saturated carbocycles. The Morgan fingerprint density at radius 1 is 1.09 bits per heavy atom. The number of carboxylic acid groups (broad SMARTS) is 1. The maximum absolute atomic E-state index is 12.3. The molecular weight excluding hydrogens is 426 g/mol. The van der Waals surface area contributed by atoms with Gasteiger partial charge < -0.3 is 25.8 Å². The normalized spacial score (nSPS) is 19.7. The Kier molecular flexibility index (Phi) is 6.30. The van der Waals surface area contributed by atoms with Crippen molar-refractivity contribution in [3.8, 4) is 11.1 Å². The topological polar surface area (TPSA) is 134 Å². The van der Waals surface area contributed by atoms with Crippen LogP contribution in [0.15, 0.2) is 48.5 Å². The molecule has 1 heterocycles. The summed E-state index contributed by atoms with van der Waals surface area (Å²) < 4.78 is 5.47. The van der Waals surface area contributed by atoms with Gasteiger partial charge >= 0.3 is 12.1 Å². The Morgan fingerprint density at radius 3 is 2.30 bits per heavy atom. The molecule has 9 nitrogen and oxygen atoms in total. The van der Waals surface area contributed by atoms with Crippen LogP contribution in [0.1, 0.15) is 30.4 Å². The predicted molar refractivity (Wildman–Crippen MR) is 118 cm³/mol. The monoisotopic (exact) mass is 451 g/mol. The lowest BCUT2D eigenvalue weighted by atomic mass is 9.98. The first-order valence-electron chi connectivity index (χ1n) is 10.8. The van der Waals surface area contributed by atoms with E-state index in [9.17, 15) is 19.2 Å². The summed E-state index contributed by atoms with van der Waals surface area (Å²) in [6.45, 7) is 1.75. The number of benzene rings is 2. The molecule has 172 valence electrons. The Hall–Kier alpha value is -3.88. The number of aliphatic carboxylic acids is 1. The highest BCUT2D eigenvalue weighted by atomic mass is 16.5. The molecule has 1 aliphatic carbocycles. The molecule has 1 fully saturated rings. The van der Waals surface area contributed by atoms with E-state index >= 15 is 0 Å². The average Bonchev–Trinajstić information content (AvgIpc) is 3.30. The van der Waals surface area contributed by atoms with Gasteiger partial charge in [-0.25, -0.2) is 4.79 Å². The number of carboxylic acids is 1. The Morgan fingerprint density at radius 2 is 1.70 bits per heavy atom. The van der Waals surface area contributed by atoms with Crippen LogP contribution < -0.4 is 16.0 Å². The standard InChI is InChI=1S/C24H25N3O6/c1-13(10-20(28)27-21-18(23(30)31)11-25-22(21)29)26-24(32)33-12-19-16-8-4-2-6-14(16)15-7-3-5-9-17(15)19/h2-9,13,18-19,21H,10-12H2,1H3,(H,25,29)(H,26,32)(H,27,28)(H,30,31)/t13-,18?,21?/m0/s1. The number of carbonyl (C=O) groups is 4. The van der Waals surface area contributed by atoms with Gasteiger partial charge in [0.05, 0.1) is 0 Å². The van der Waals surface area contributed by atoms with Crippen molar-refractivity contribution in [3.63, 3.8) is 0 Å². The number of fused-ring (bicyclic) bond motifs is 3. The molecule has 0 radical (unpaired) electrons. The first-order chi connectivity index (χ1) is 15.8. The van der Waals surface area contributed by atoms with Crippen molar-refractivity contribution >= 4 is 23.9 Å². The summed E-state index contributed by atoms with van der Waals surface area (Å²) in [6, 6.07) is 14.3. The van der Waals surface area contributed by atoms with Crippen LogP contribution in [-0.4, -0.2) is 54.2 Å². The molecule has 0 aromatic heterocycles. The van der Waals surface area contributed by atoms with Crippen molar-refractivity contribution in [2.45, 2.75) is 31.3 Å². The SMILES string of the molecule is C[C@@H](CC(=O)NC1C(=O)NCC1C(=O)O)NC(=O)OCC1c2ccccc2-c2ccccc21. The van der Waals surface area contributed by atoms with E-state index in [2.05, 4.69) is 28.1 Å². The third-order valence-corrected chi connectivity index (χ3v) is 6.01. The summed E-state index contributed by atoms with van der Waals surface area (Å²) in [6.07, 6.45) is -0.778. The van der Waals surface area contributed by atoms with Crippen LogP contribution in [0, 0.1) is 5.92 Å². The maximum atomic E-state index is 12.3. The van der Waals surface area contributed by atoms with Gasteiger partial charge in [-0.2, -0.15) is 0 Å². The van der Waals surface area contributed by atoms with Gasteiger partial charge in [-0.3, -0.25) is 14.4 Å². The summed E-state index contributed by atoms with van der Waals surface area (Å²) in [4.78, 5) is 47.6. The van der Waals surface area contributed by atoms with Crippen LogP contribution in [0.25, 0.3) is 11.1 Å². The van der Waals surface area contributed by atoms with Crippen molar-refractivity contribution < 1.29 is 29.0 Å². The summed E-state index contributed by atoms with van der Waals surface area (Å²) in [5.41, 5.74) is 4.45. The molecule has 2 aromatic rings. The number of hydrogen-bond donors (Lipinski definition) is 4. The van der Waals surface area contributed by atoms with Crippen molar-refractivity contribution in [1.82, 2.24) is 16.0 Å². The number of rotatable bonds is 7. The minimum Gasteiger partial charge on any atom is -0.481 e. The van der Waals surface area contributed by atoms with Crippen molar-refractivity contribution in [2.75, 3.05) is 13.2 Å². The Bertz CT molecular complexity index is 1060. The van der Waals surface area contributed by atoms with E-state index < -0.39 is 41.9 Å². The fourth-order valence-electron chi connectivity index (χ4n) is 4.42. The average molecular weight is 451 g/mol. The summed E-state index contributed by atoms with van der Waals surface area (Å²) in [7, 11) is 0. The highest BCUT2D eigenvalue weighted by Crippen LogP contribution is 2.44. The van der Waals surface area contributed by atoms with E-state index in [0.29, 0.717) is 0 Å². The second-order valence-electron chi connectivity index (χ2n) is 8.31. The molecule has 1 aliphatic heterocycles. The quantitative estimate of drug-likeness (QED) is 0.506. The lowest BCUT2D eigenvalue weighted by molar-refractivity contribution is -0.143. The summed E-state index contributed by atoms with van der Waals surface area (Å²) in [5.74, 6) is -3.33. The van der Waals surface area contributed by atoms with Gasteiger partial charge in [0.15, 0.2) is 0 Å². The molecule has 4 rings (SSSR count). The molecule has 1 saturated heterocycles. The number of carbonyl (C=O) groups excluding carboxylic acids is 3. The molecule has 0 spiro atoms. The summed E-state index contributed by atoms with van der Waals surface area (Å²) in [5, 5.41) is 16.6. The van der Waals surface area contributed by atoms with Crippen LogP contribution in [0.3, 0.4) is 0 Å². The second kappa shape index (κ2) is 9.32. The van der Waals surface area contributed by atoms with Gasteiger partial charge in [0.1, 0.15) is 18.6 Å². The van der Waals surface area contributed by atoms with E-state index in [-0.39, 0.29) is 25.5 Å². The molecule has 3 atom stereocenters. The number of nitrogens with one attached hydrogen (secondary N) is 3. The molecule has 4 N–H and O–H groups in total. The Balaban J connectivity index is 1.29. The molecule has 3 amide bonds. The van der Waals surface area contributed by atoms with Crippen molar-refractivity contribution in [2.24, 2.45) is 5.92 Å². The zero-order chi connectivity index (χ0) is 23.5. The van der Waals surface area contributed by atoms with Gasteiger partial charge in [-0.15, -0.1) is 0 Å². The number of ether oxygens (including phenoxy) is 1.